The number of nitrogens with zero attached hydrogens (tertiary/aromatic N) is 2. The Kier molecular flexibility index (Phi) is 3.72. The first-order valence-electron chi connectivity index (χ1n) is 7.53. The van der Waals surface area contributed by atoms with Crippen molar-refractivity contribution in [2.75, 3.05) is 11.1 Å². The monoisotopic (exact) mass is 270 g/mol. The third-order valence-corrected chi connectivity index (χ3v) is 4.43. The summed E-state index contributed by atoms with van der Waals surface area (Å²) in [5.41, 5.74) is 7.46. The topological polar surface area (TPSA) is 63.8 Å². The lowest BCUT2D eigenvalue weighted by Gasteiger charge is -2.29. The molecule has 106 valence electrons. The predicted molar refractivity (Wildman–Crippen MR) is 83.6 cm³/mol. The highest BCUT2D eigenvalue weighted by Crippen LogP contribution is 2.29. The molecule has 4 heteroatoms. The molecule has 1 aromatic heterocycles. The normalized spacial score (nSPS) is 22.9. The molecule has 0 saturated heterocycles. The molecular weight excluding hydrogens is 248 g/mol. The number of nitrogen functional groups attached to an aromatic ring is 1. The summed E-state index contributed by atoms with van der Waals surface area (Å²) in [5, 5.41) is 4.65. The Morgan fingerprint density at radius 1 is 1.20 bits per heavy atom. The molecule has 1 heterocycles. The fourth-order valence-electron chi connectivity index (χ4n) is 3.10. The quantitative estimate of drug-likeness (QED) is 0.837. The van der Waals surface area contributed by atoms with Crippen molar-refractivity contribution in [3.8, 4) is 0 Å². The van der Waals surface area contributed by atoms with Crippen molar-refractivity contribution in [3.05, 3.63) is 24.5 Å². The van der Waals surface area contributed by atoms with E-state index in [0.29, 0.717) is 6.04 Å². The zero-order valence-electron chi connectivity index (χ0n) is 12.0. The Morgan fingerprint density at radius 3 is 2.75 bits per heavy atom. The number of hydrogen-bond acceptors (Lipinski definition) is 4. The van der Waals surface area contributed by atoms with E-state index in [1.54, 1.807) is 6.33 Å². The van der Waals surface area contributed by atoms with Crippen LogP contribution in [-0.2, 0) is 0 Å². The van der Waals surface area contributed by atoms with Gasteiger partial charge in [-0.05, 0) is 49.8 Å². The molecule has 0 atom stereocenters. The number of rotatable bonds is 3. The molecule has 0 radical (unpaired) electrons. The molecule has 0 spiro atoms. The SMILES string of the molecule is CCC1CCC(Nc2ncnc3cc(N)ccc23)CC1. The summed E-state index contributed by atoms with van der Waals surface area (Å²) in [6.45, 7) is 2.29. The molecule has 1 aliphatic rings. The number of aromatic nitrogens is 2. The minimum absolute atomic E-state index is 0.536. The minimum Gasteiger partial charge on any atom is -0.399 e. The van der Waals surface area contributed by atoms with Crippen LogP contribution in [0.5, 0.6) is 0 Å². The Labute approximate surface area is 119 Å². The van der Waals surface area contributed by atoms with E-state index in [1.807, 2.05) is 18.2 Å². The summed E-state index contributed by atoms with van der Waals surface area (Å²) in [6, 6.07) is 6.35. The third kappa shape index (κ3) is 2.69. The second kappa shape index (κ2) is 5.65. The largest absolute Gasteiger partial charge is 0.399 e. The Morgan fingerprint density at radius 2 is 2.00 bits per heavy atom. The van der Waals surface area contributed by atoms with Crippen LogP contribution in [-0.4, -0.2) is 16.0 Å². The molecule has 1 aliphatic carbocycles. The van der Waals surface area contributed by atoms with E-state index in [-0.39, 0.29) is 0 Å². The van der Waals surface area contributed by atoms with Gasteiger partial charge in [-0.3, -0.25) is 0 Å². The Bertz CT molecular complexity index is 588. The standard InChI is InChI=1S/C16H22N4/c1-2-11-3-6-13(7-4-11)20-16-14-8-5-12(17)9-15(14)18-10-19-16/h5,8-11,13H,2-4,6-7,17H2,1H3,(H,18,19,20). The number of hydrogen-bond donors (Lipinski definition) is 2. The molecule has 2 aromatic rings. The van der Waals surface area contributed by atoms with Crippen molar-refractivity contribution in [1.29, 1.82) is 0 Å². The second-order valence-electron chi connectivity index (χ2n) is 5.77. The summed E-state index contributed by atoms with van der Waals surface area (Å²) >= 11 is 0. The van der Waals surface area contributed by atoms with E-state index in [2.05, 4.69) is 22.2 Å². The second-order valence-corrected chi connectivity index (χ2v) is 5.77. The van der Waals surface area contributed by atoms with Crippen LogP contribution in [0, 0.1) is 5.92 Å². The van der Waals surface area contributed by atoms with Gasteiger partial charge in [-0.15, -0.1) is 0 Å². The summed E-state index contributed by atoms with van der Waals surface area (Å²) in [7, 11) is 0. The van der Waals surface area contributed by atoms with Crippen LogP contribution in [0.25, 0.3) is 10.9 Å². The Balaban J connectivity index is 1.78. The minimum atomic E-state index is 0.536. The van der Waals surface area contributed by atoms with Crippen LogP contribution in [0.3, 0.4) is 0 Å². The van der Waals surface area contributed by atoms with Gasteiger partial charge in [0.2, 0.25) is 0 Å². The van der Waals surface area contributed by atoms with Gasteiger partial charge in [-0.1, -0.05) is 13.3 Å². The molecule has 1 saturated carbocycles. The molecule has 1 aromatic carbocycles. The highest BCUT2D eigenvalue weighted by molar-refractivity contribution is 5.90. The highest BCUT2D eigenvalue weighted by atomic mass is 15.0. The van der Waals surface area contributed by atoms with Crippen LogP contribution >= 0.6 is 0 Å². The fourth-order valence-corrected chi connectivity index (χ4v) is 3.10. The summed E-state index contributed by atoms with van der Waals surface area (Å²) < 4.78 is 0. The van der Waals surface area contributed by atoms with E-state index < -0.39 is 0 Å². The van der Waals surface area contributed by atoms with Crippen LogP contribution in [0.15, 0.2) is 24.5 Å². The van der Waals surface area contributed by atoms with Gasteiger partial charge in [0.15, 0.2) is 0 Å². The zero-order valence-corrected chi connectivity index (χ0v) is 12.0. The van der Waals surface area contributed by atoms with E-state index in [4.69, 9.17) is 5.73 Å². The number of anilines is 2. The first kappa shape index (κ1) is 13.2. The van der Waals surface area contributed by atoms with Crippen molar-refractivity contribution >= 4 is 22.4 Å². The van der Waals surface area contributed by atoms with Gasteiger partial charge in [0.1, 0.15) is 12.1 Å². The maximum Gasteiger partial charge on any atom is 0.137 e. The molecule has 3 N–H and O–H groups in total. The maximum absolute atomic E-state index is 5.81. The van der Waals surface area contributed by atoms with Crippen LogP contribution in [0.1, 0.15) is 39.0 Å². The van der Waals surface area contributed by atoms with Gasteiger partial charge in [-0.25, -0.2) is 9.97 Å². The molecule has 3 rings (SSSR count). The van der Waals surface area contributed by atoms with E-state index >= 15 is 0 Å². The van der Waals surface area contributed by atoms with Gasteiger partial charge >= 0.3 is 0 Å². The molecule has 1 fully saturated rings. The number of nitrogens with one attached hydrogen (secondary N) is 1. The van der Waals surface area contributed by atoms with Crippen molar-refractivity contribution in [3.63, 3.8) is 0 Å². The van der Waals surface area contributed by atoms with Crippen molar-refractivity contribution in [1.82, 2.24) is 9.97 Å². The molecule has 0 bridgehead atoms. The first-order chi connectivity index (χ1) is 9.76. The van der Waals surface area contributed by atoms with Gasteiger partial charge < -0.3 is 11.1 Å². The van der Waals surface area contributed by atoms with Crippen LogP contribution in [0.4, 0.5) is 11.5 Å². The van der Waals surface area contributed by atoms with E-state index in [9.17, 15) is 0 Å². The molecule has 4 nitrogen and oxygen atoms in total. The number of benzene rings is 1. The van der Waals surface area contributed by atoms with Gasteiger partial charge in [0, 0.05) is 17.1 Å². The molecule has 0 unspecified atom stereocenters. The van der Waals surface area contributed by atoms with E-state index in [0.717, 1.165) is 28.3 Å². The van der Waals surface area contributed by atoms with Gasteiger partial charge in [-0.2, -0.15) is 0 Å². The summed E-state index contributed by atoms with van der Waals surface area (Å²) in [6.07, 6.45) is 8.04. The predicted octanol–water partition coefficient (Wildman–Crippen LogP) is 3.59. The molecule has 0 aliphatic heterocycles. The average molecular weight is 270 g/mol. The van der Waals surface area contributed by atoms with Gasteiger partial charge in [0.05, 0.1) is 5.52 Å². The maximum atomic E-state index is 5.81. The van der Waals surface area contributed by atoms with Crippen molar-refractivity contribution in [2.24, 2.45) is 5.92 Å². The lowest BCUT2D eigenvalue weighted by atomic mass is 9.84. The van der Waals surface area contributed by atoms with Crippen molar-refractivity contribution < 1.29 is 0 Å². The average Bonchev–Trinajstić information content (AvgIpc) is 2.48. The molecular formula is C16H22N4. The summed E-state index contributed by atoms with van der Waals surface area (Å²) in [4.78, 5) is 8.70. The first-order valence-corrected chi connectivity index (χ1v) is 7.53. The fraction of sp³-hybridized carbons (Fsp3) is 0.500. The molecule has 20 heavy (non-hydrogen) atoms. The van der Waals surface area contributed by atoms with Crippen molar-refractivity contribution in [2.45, 2.75) is 45.1 Å². The third-order valence-electron chi connectivity index (χ3n) is 4.43. The van der Waals surface area contributed by atoms with Crippen LogP contribution < -0.4 is 11.1 Å². The van der Waals surface area contributed by atoms with Gasteiger partial charge in [0.25, 0.3) is 0 Å². The lowest BCUT2D eigenvalue weighted by Crippen LogP contribution is -2.26. The summed E-state index contributed by atoms with van der Waals surface area (Å²) in [5.74, 6) is 1.85. The Hall–Kier alpha value is -1.84. The smallest absolute Gasteiger partial charge is 0.137 e. The lowest BCUT2D eigenvalue weighted by molar-refractivity contribution is 0.330. The molecule has 0 amide bonds. The number of nitrogens with two attached hydrogens (primary N) is 1. The zero-order chi connectivity index (χ0) is 13.9. The highest BCUT2D eigenvalue weighted by Gasteiger charge is 2.20. The number of fused-ring (bicyclic) bond motifs is 1. The van der Waals surface area contributed by atoms with Crippen LogP contribution in [0.2, 0.25) is 0 Å². The van der Waals surface area contributed by atoms with E-state index in [1.165, 1.54) is 32.1 Å².